The summed E-state index contributed by atoms with van der Waals surface area (Å²) in [6.45, 7) is 6.06. The topological polar surface area (TPSA) is 50.8 Å². The Labute approximate surface area is 142 Å². The van der Waals surface area contributed by atoms with Crippen molar-refractivity contribution in [2.75, 3.05) is 27.3 Å². The number of benzene rings is 1. The van der Waals surface area contributed by atoms with Gasteiger partial charge in [-0.1, -0.05) is 24.6 Å². The summed E-state index contributed by atoms with van der Waals surface area (Å²) in [6.07, 6.45) is 0.950. The van der Waals surface area contributed by atoms with Gasteiger partial charge in [-0.2, -0.15) is 0 Å². The quantitative estimate of drug-likeness (QED) is 0.895. The number of carbonyl (C=O) groups excluding carboxylic acids is 1. The molecule has 1 N–H and O–H groups in total. The second-order valence-electron chi connectivity index (χ2n) is 5.99. The van der Waals surface area contributed by atoms with Crippen LogP contribution >= 0.6 is 11.6 Å². The molecule has 1 fully saturated rings. The first-order valence-electron chi connectivity index (χ1n) is 7.86. The van der Waals surface area contributed by atoms with Crippen molar-refractivity contribution < 1.29 is 14.3 Å². The average Bonchev–Trinajstić information content (AvgIpc) is 2.54. The third-order valence-corrected chi connectivity index (χ3v) is 4.88. The van der Waals surface area contributed by atoms with Crippen molar-refractivity contribution in [2.45, 2.75) is 32.9 Å². The molecule has 1 heterocycles. The third kappa shape index (κ3) is 4.09. The molecule has 1 aliphatic heterocycles. The summed E-state index contributed by atoms with van der Waals surface area (Å²) in [4.78, 5) is 13.4. The Kier molecular flexibility index (Phi) is 6.13. The van der Waals surface area contributed by atoms with E-state index in [-0.39, 0.29) is 5.91 Å². The molecule has 0 aromatic heterocycles. The number of carbonyl (C=O) groups is 1. The number of halogens is 1. The van der Waals surface area contributed by atoms with Gasteiger partial charge < -0.3 is 19.7 Å². The SMILES string of the molecule is COc1ccc(CNC2CCN(C(C)=O)CC2C)c(Cl)c1OC. The number of amides is 1. The highest BCUT2D eigenvalue weighted by Crippen LogP contribution is 2.37. The van der Waals surface area contributed by atoms with Gasteiger partial charge in [0.1, 0.15) is 0 Å². The molecule has 1 amide bonds. The predicted molar refractivity (Wildman–Crippen MR) is 91.2 cm³/mol. The van der Waals surface area contributed by atoms with Crippen LogP contribution < -0.4 is 14.8 Å². The molecule has 0 radical (unpaired) electrons. The molecule has 23 heavy (non-hydrogen) atoms. The number of methoxy groups -OCH3 is 2. The molecular formula is C17H25ClN2O3. The normalized spacial score (nSPS) is 21.2. The first kappa shape index (κ1) is 17.9. The van der Waals surface area contributed by atoms with Gasteiger partial charge in [-0.05, 0) is 24.0 Å². The number of hydrogen-bond donors (Lipinski definition) is 1. The van der Waals surface area contributed by atoms with Gasteiger partial charge in [0.25, 0.3) is 0 Å². The van der Waals surface area contributed by atoms with E-state index < -0.39 is 0 Å². The van der Waals surface area contributed by atoms with Crippen molar-refractivity contribution >= 4 is 17.5 Å². The highest BCUT2D eigenvalue weighted by atomic mass is 35.5. The number of ether oxygens (including phenoxy) is 2. The maximum atomic E-state index is 11.5. The second-order valence-corrected chi connectivity index (χ2v) is 6.37. The van der Waals surface area contributed by atoms with Gasteiger partial charge in [0.2, 0.25) is 5.91 Å². The highest BCUT2D eigenvalue weighted by molar-refractivity contribution is 6.33. The molecule has 2 unspecified atom stereocenters. The van der Waals surface area contributed by atoms with Gasteiger partial charge in [-0.15, -0.1) is 0 Å². The Bertz CT molecular complexity index is 565. The lowest BCUT2D eigenvalue weighted by Gasteiger charge is -2.37. The zero-order valence-electron chi connectivity index (χ0n) is 14.2. The fourth-order valence-electron chi connectivity index (χ4n) is 3.04. The first-order chi connectivity index (χ1) is 11.0. The summed E-state index contributed by atoms with van der Waals surface area (Å²) in [5.74, 6) is 1.75. The van der Waals surface area contributed by atoms with Crippen molar-refractivity contribution in [3.63, 3.8) is 0 Å². The van der Waals surface area contributed by atoms with E-state index in [2.05, 4.69) is 12.2 Å². The molecule has 6 heteroatoms. The van der Waals surface area contributed by atoms with E-state index in [0.717, 1.165) is 25.1 Å². The Morgan fingerprint density at radius 2 is 2.13 bits per heavy atom. The van der Waals surface area contributed by atoms with Crippen molar-refractivity contribution in [3.05, 3.63) is 22.7 Å². The minimum Gasteiger partial charge on any atom is -0.493 e. The third-order valence-electron chi connectivity index (χ3n) is 4.47. The summed E-state index contributed by atoms with van der Waals surface area (Å²) in [5, 5.41) is 4.13. The molecule has 1 saturated heterocycles. The van der Waals surface area contributed by atoms with Crippen LogP contribution in [0.4, 0.5) is 0 Å². The molecule has 1 aromatic carbocycles. The number of rotatable bonds is 5. The van der Waals surface area contributed by atoms with Crippen LogP contribution in [0.3, 0.4) is 0 Å². The molecule has 128 valence electrons. The summed E-state index contributed by atoms with van der Waals surface area (Å²) in [5.41, 5.74) is 0.977. The standard InChI is InChI=1S/C17H25ClN2O3/c1-11-10-20(12(2)21)8-7-14(11)19-9-13-5-6-15(22-3)17(23-4)16(13)18/h5-6,11,14,19H,7-10H2,1-4H3. The smallest absolute Gasteiger partial charge is 0.219 e. The number of hydrogen-bond acceptors (Lipinski definition) is 4. The van der Waals surface area contributed by atoms with E-state index in [1.165, 1.54) is 0 Å². The van der Waals surface area contributed by atoms with Gasteiger partial charge in [-0.3, -0.25) is 4.79 Å². The van der Waals surface area contributed by atoms with E-state index in [1.807, 2.05) is 17.0 Å². The van der Waals surface area contributed by atoms with Crippen molar-refractivity contribution in [3.8, 4) is 11.5 Å². The molecule has 5 nitrogen and oxygen atoms in total. The largest absolute Gasteiger partial charge is 0.493 e. The molecule has 2 rings (SSSR count). The number of likely N-dealkylation sites (tertiary alicyclic amines) is 1. The van der Waals surface area contributed by atoms with Crippen LogP contribution in [0, 0.1) is 5.92 Å². The van der Waals surface area contributed by atoms with Crippen LogP contribution in [-0.4, -0.2) is 44.2 Å². The fourth-order valence-corrected chi connectivity index (χ4v) is 3.34. The van der Waals surface area contributed by atoms with E-state index in [9.17, 15) is 4.79 Å². The maximum Gasteiger partial charge on any atom is 0.219 e. The van der Waals surface area contributed by atoms with Crippen molar-refractivity contribution in [1.29, 1.82) is 0 Å². The van der Waals surface area contributed by atoms with Gasteiger partial charge in [-0.25, -0.2) is 0 Å². The molecule has 0 bridgehead atoms. The molecule has 1 aromatic rings. The van der Waals surface area contributed by atoms with Gasteiger partial charge >= 0.3 is 0 Å². The zero-order chi connectivity index (χ0) is 17.0. The lowest BCUT2D eigenvalue weighted by molar-refractivity contribution is -0.130. The van der Waals surface area contributed by atoms with Crippen LogP contribution in [0.15, 0.2) is 12.1 Å². The lowest BCUT2D eigenvalue weighted by Crippen LogP contribution is -2.49. The van der Waals surface area contributed by atoms with Crippen LogP contribution in [0.2, 0.25) is 5.02 Å². The van der Waals surface area contributed by atoms with Gasteiger partial charge in [0.05, 0.1) is 19.2 Å². The number of piperidine rings is 1. The monoisotopic (exact) mass is 340 g/mol. The van der Waals surface area contributed by atoms with Crippen LogP contribution in [0.25, 0.3) is 0 Å². The van der Waals surface area contributed by atoms with Gasteiger partial charge in [0, 0.05) is 32.6 Å². The molecule has 0 saturated carbocycles. The van der Waals surface area contributed by atoms with Crippen LogP contribution in [-0.2, 0) is 11.3 Å². The van der Waals surface area contributed by atoms with Crippen LogP contribution in [0.5, 0.6) is 11.5 Å². The average molecular weight is 341 g/mol. The Hall–Kier alpha value is -1.46. The minimum absolute atomic E-state index is 0.151. The number of nitrogens with zero attached hydrogens (tertiary/aromatic N) is 1. The van der Waals surface area contributed by atoms with Crippen LogP contribution in [0.1, 0.15) is 25.8 Å². The Morgan fingerprint density at radius 3 is 2.70 bits per heavy atom. The molecular weight excluding hydrogens is 316 g/mol. The second kappa shape index (κ2) is 7.88. The molecule has 0 aliphatic carbocycles. The Balaban J connectivity index is 2.00. The highest BCUT2D eigenvalue weighted by Gasteiger charge is 2.27. The Morgan fingerprint density at radius 1 is 1.39 bits per heavy atom. The first-order valence-corrected chi connectivity index (χ1v) is 8.24. The van der Waals surface area contributed by atoms with Crippen molar-refractivity contribution in [2.24, 2.45) is 5.92 Å². The van der Waals surface area contributed by atoms with E-state index in [4.69, 9.17) is 21.1 Å². The fraction of sp³-hybridized carbons (Fsp3) is 0.588. The summed E-state index contributed by atoms with van der Waals surface area (Å²) >= 11 is 6.41. The molecule has 1 aliphatic rings. The summed E-state index contributed by atoms with van der Waals surface area (Å²) in [7, 11) is 3.18. The zero-order valence-corrected chi connectivity index (χ0v) is 14.9. The minimum atomic E-state index is 0.151. The van der Waals surface area contributed by atoms with E-state index >= 15 is 0 Å². The summed E-state index contributed by atoms with van der Waals surface area (Å²) in [6, 6.07) is 4.19. The number of nitrogens with one attached hydrogen (secondary N) is 1. The van der Waals surface area contributed by atoms with Crippen molar-refractivity contribution in [1.82, 2.24) is 10.2 Å². The van der Waals surface area contributed by atoms with Gasteiger partial charge in [0.15, 0.2) is 11.5 Å². The van der Waals surface area contributed by atoms with E-state index in [0.29, 0.717) is 35.0 Å². The maximum absolute atomic E-state index is 11.5. The lowest BCUT2D eigenvalue weighted by atomic mass is 9.93. The van der Waals surface area contributed by atoms with E-state index in [1.54, 1.807) is 21.1 Å². The predicted octanol–water partition coefficient (Wildman–Crippen LogP) is 2.70. The summed E-state index contributed by atoms with van der Waals surface area (Å²) < 4.78 is 10.6. The molecule has 0 spiro atoms. The molecule has 2 atom stereocenters.